The van der Waals surface area contributed by atoms with Gasteiger partial charge in [-0.1, -0.05) is 19.3 Å². The quantitative estimate of drug-likeness (QED) is 0.639. The van der Waals surface area contributed by atoms with E-state index in [0.29, 0.717) is 32.7 Å². The van der Waals surface area contributed by atoms with E-state index in [4.69, 9.17) is 15.2 Å². The highest BCUT2D eigenvalue weighted by molar-refractivity contribution is 5.76. The number of nitrogens with two attached hydrogens (primary N) is 1. The van der Waals surface area contributed by atoms with Gasteiger partial charge in [0.25, 0.3) is 0 Å². The molecular weight excluding hydrogens is 280 g/mol. The molecule has 1 amide bonds. The van der Waals surface area contributed by atoms with E-state index in [1.807, 2.05) is 0 Å². The van der Waals surface area contributed by atoms with Gasteiger partial charge in [0.05, 0.1) is 12.7 Å². The fourth-order valence-electron chi connectivity index (χ4n) is 3.55. The van der Waals surface area contributed by atoms with Crippen molar-refractivity contribution in [2.75, 3.05) is 32.9 Å². The number of ether oxygens (including phenoxy) is 2. The second-order valence-electron chi connectivity index (χ2n) is 6.86. The maximum Gasteiger partial charge on any atom is 0.220 e. The highest BCUT2D eigenvalue weighted by atomic mass is 16.5. The lowest BCUT2D eigenvalue weighted by Crippen LogP contribution is -2.39. The van der Waals surface area contributed by atoms with Crippen molar-refractivity contribution in [2.24, 2.45) is 11.1 Å². The van der Waals surface area contributed by atoms with E-state index in [0.717, 1.165) is 38.7 Å². The standard InChI is InChI=1S/C17H32N2O3/c18-14-17(7-2-1-3-8-17)12-16(20)19-9-5-10-21-13-15-6-4-11-22-15/h15H,1-14,18H2,(H,19,20). The van der Waals surface area contributed by atoms with Crippen LogP contribution in [0, 0.1) is 5.41 Å². The van der Waals surface area contributed by atoms with Gasteiger partial charge in [0.15, 0.2) is 0 Å². The third-order valence-electron chi connectivity index (χ3n) is 5.00. The molecule has 2 rings (SSSR count). The van der Waals surface area contributed by atoms with Gasteiger partial charge >= 0.3 is 0 Å². The van der Waals surface area contributed by atoms with E-state index in [2.05, 4.69) is 5.32 Å². The number of carbonyl (C=O) groups is 1. The summed E-state index contributed by atoms with van der Waals surface area (Å²) in [5, 5.41) is 3.01. The average molecular weight is 312 g/mol. The Labute approximate surface area is 134 Å². The zero-order chi connectivity index (χ0) is 15.7. The highest BCUT2D eigenvalue weighted by Gasteiger charge is 2.32. The van der Waals surface area contributed by atoms with E-state index < -0.39 is 0 Å². The first-order valence-corrected chi connectivity index (χ1v) is 8.90. The largest absolute Gasteiger partial charge is 0.379 e. The molecule has 1 aliphatic carbocycles. The number of carbonyl (C=O) groups excluding carboxylic acids is 1. The third-order valence-corrected chi connectivity index (χ3v) is 5.00. The summed E-state index contributed by atoms with van der Waals surface area (Å²) in [6.07, 6.45) is 9.88. The Hall–Kier alpha value is -0.650. The minimum Gasteiger partial charge on any atom is -0.379 e. The van der Waals surface area contributed by atoms with E-state index in [1.165, 1.54) is 19.3 Å². The summed E-state index contributed by atoms with van der Waals surface area (Å²) in [5.41, 5.74) is 5.98. The van der Waals surface area contributed by atoms with Gasteiger partial charge in [-0.25, -0.2) is 0 Å². The topological polar surface area (TPSA) is 73.6 Å². The van der Waals surface area contributed by atoms with Gasteiger partial charge in [-0.15, -0.1) is 0 Å². The van der Waals surface area contributed by atoms with Crippen LogP contribution in [0.25, 0.3) is 0 Å². The van der Waals surface area contributed by atoms with Gasteiger partial charge in [-0.2, -0.15) is 0 Å². The molecule has 5 nitrogen and oxygen atoms in total. The first kappa shape index (κ1) is 17.7. The van der Waals surface area contributed by atoms with Gasteiger partial charge < -0.3 is 20.5 Å². The second kappa shape index (κ2) is 9.48. The van der Waals surface area contributed by atoms with Crippen LogP contribution < -0.4 is 11.1 Å². The number of hydrogen-bond acceptors (Lipinski definition) is 4. The van der Waals surface area contributed by atoms with Crippen LogP contribution in [0.3, 0.4) is 0 Å². The molecule has 22 heavy (non-hydrogen) atoms. The zero-order valence-corrected chi connectivity index (χ0v) is 13.8. The van der Waals surface area contributed by atoms with Crippen molar-refractivity contribution in [2.45, 2.75) is 63.9 Å². The maximum atomic E-state index is 12.1. The van der Waals surface area contributed by atoms with Crippen molar-refractivity contribution < 1.29 is 14.3 Å². The lowest BCUT2D eigenvalue weighted by atomic mass is 9.71. The molecule has 3 N–H and O–H groups in total. The maximum absolute atomic E-state index is 12.1. The molecular formula is C17H32N2O3. The predicted octanol–water partition coefficient (Wildman–Crippen LogP) is 1.99. The van der Waals surface area contributed by atoms with E-state index in [1.54, 1.807) is 0 Å². The van der Waals surface area contributed by atoms with Crippen LogP contribution >= 0.6 is 0 Å². The number of amides is 1. The minimum absolute atomic E-state index is 0.0542. The number of nitrogens with one attached hydrogen (secondary N) is 1. The Kier molecular flexibility index (Phi) is 7.63. The smallest absolute Gasteiger partial charge is 0.220 e. The Bertz CT molecular complexity index is 324. The molecule has 2 aliphatic rings. The average Bonchev–Trinajstić information content (AvgIpc) is 3.05. The Morgan fingerprint density at radius 3 is 2.77 bits per heavy atom. The number of hydrogen-bond donors (Lipinski definition) is 2. The van der Waals surface area contributed by atoms with Crippen molar-refractivity contribution in [1.29, 1.82) is 0 Å². The summed E-state index contributed by atoms with van der Waals surface area (Å²) in [7, 11) is 0. The Morgan fingerprint density at radius 1 is 1.27 bits per heavy atom. The van der Waals surface area contributed by atoms with Crippen LogP contribution in [-0.4, -0.2) is 44.9 Å². The van der Waals surface area contributed by atoms with Crippen LogP contribution in [0.1, 0.15) is 57.8 Å². The molecule has 0 aromatic rings. The molecule has 2 fully saturated rings. The monoisotopic (exact) mass is 312 g/mol. The molecule has 1 heterocycles. The van der Waals surface area contributed by atoms with Gasteiger partial charge in [0, 0.05) is 26.2 Å². The molecule has 1 saturated heterocycles. The molecule has 1 aliphatic heterocycles. The molecule has 0 radical (unpaired) electrons. The van der Waals surface area contributed by atoms with E-state index in [9.17, 15) is 4.79 Å². The van der Waals surface area contributed by atoms with Crippen molar-refractivity contribution in [1.82, 2.24) is 5.32 Å². The molecule has 128 valence electrons. The van der Waals surface area contributed by atoms with Gasteiger partial charge in [0.1, 0.15) is 0 Å². The lowest BCUT2D eigenvalue weighted by Gasteiger charge is -2.35. The van der Waals surface area contributed by atoms with Gasteiger partial charge in [-0.3, -0.25) is 4.79 Å². The predicted molar refractivity (Wildman–Crippen MR) is 86.6 cm³/mol. The zero-order valence-electron chi connectivity index (χ0n) is 13.8. The van der Waals surface area contributed by atoms with Crippen LogP contribution in [0.15, 0.2) is 0 Å². The lowest BCUT2D eigenvalue weighted by molar-refractivity contribution is -0.123. The SMILES string of the molecule is NCC1(CC(=O)NCCCOCC2CCCO2)CCCCC1. The summed E-state index contributed by atoms with van der Waals surface area (Å²) in [4.78, 5) is 12.1. The molecule has 1 saturated carbocycles. The Balaban J connectivity index is 1.51. The van der Waals surface area contributed by atoms with E-state index >= 15 is 0 Å². The van der Waals surface area contributed by atoms with Crippen molar-refractivity contribution >= 4 is 5.91 Å². The van der Waals surface area contributed by atoms with E-state index in [-0.39, 0.29) is 17.4 Å². The van der Waals surface area contributed by atoms with Gasteiger partial charge in [0.2, 0.25) is 5.91 Å². The number of rotatable bonds is 9. The molecule has 1 atom stereocenters. The minimum atomic E-state index is 0.0542. The fraction of sp³-hybridized carbons (Fsp3) is 0.941. The summed E-state index contributed by atoms with van der Waals surface area (Å²) in [6, 6.07) is 0. The van der Waals surface area contributed by atoms with Gasteiger partial charge in [-0.05, 0) is 44.1 Å². The second-order valence-corrected chi connectivity index (χ2v) is 6.86. The summed E-state index contributed by atoms with van der Waals surface area (Å²) < 4.78 is 11.1. The van der Waals surface area contributed by atoms with Crippen molar-refractivity contribution in [3.8, 4) is 0 Å². The van der Waals surface area contributed by atoms with Crippen LogP contribution in [0.2, 0.25) is 0 Å². The summed E-state index contributed by atoms with van der Waals surface area (Å²) in [5.74, 6) is 0.145. The molecule has 0 aromatic carbocycles. The fourth-order valence-corrected chi connectivity index (χ4v) is 3.55. The Morgan fingerprint density at radius 2 is 2.09 bits per heavy atom. The molecule has 0 bridgehead atoms. The van der Waals surface area contributed by atoms with Crippen LogP contribution in [0.4, 0.5) is 0 Å². The summed E-state index contributed by atoms with van der Waals surface area (Å²) in [6.45, 7) is 3.55. The third kappa shape index (κ3) is 5.86. The molecule has 1 unspecified atom stereocenters. The molecule has 5 heteroatoms. The summed E-state index contributed by atoms with van der Waals surface area (Å²) >= 11 is 0. The highest BCUT2D eigenvalue weighted by Crippen LogP contribution is 2.38. The normalized spacial score (nSPS) is 24.3. The molecule has 0 aromatic heterocycles. The first-order valence-electron chi connectivity index (χ1n) is 8.90. The first-order chi connectivity index (χ1) is 10.7. The van der Waals surface area contributed by atoms with Crippen LogP contribution in [0.5, 0.6) is 0 Å². The van der Waals surface area contributed by atoms with Crippen molar-refractivity contribution in [3.05, 3.63) is 0 Å². The van der Waals surface area contributed by atoms with Crippen LogP contribution in [-0.2, 0) is 14.3 Å². The van der Waals surface area contributed by atoms with Crippen molar-refractivity contribution in [3.63, 3.8) is 0 Å². The molecule has 0 spiro atoms.